The lowest BCUT2D eigenvalue weighted by atomic mass is 10.2. The Morgan fingerprint density at radius 3 is 2.67 bits per heavy atom. The van der Waals surface area contributed by atoms with Gasteiger partial charge in [-0.2, -0.15) is 0 Å². The fraction of sp³-hybridized carbons (Fsp3) is 0.667. The number of aromatic nitrogens is 2. The summed E-state index contributed by atoms with van der Waals surface area (Å²) in [5, 5.41) is 3.80. The molecule has 6 heteroatoms. The highest BCUT2D eigenvalue weighted by Crippen LogP contribution is 2.24. The summed E-state index contributed by atoms with van der Waals surface area (Å²) in [6, 6.07) is 0.0510. The van der Waals surface area contributed by atoms with Gasteiger partial charge in [-0.15, -0.1) is 0 Å². The minimum atomic E-state index is -0.512. The Labute approximate surface area is 112 Å². The van der Waals surface area contributed by atoms with Crippen LogP contribution < -0.4 is 5.32 Å². The van der Waals surface area contributed by atoms with Gasteiger partial charge < -0.3 is 14.8 Å². The standard InChI is InChI=1S/C12H18ClN3O2/c1-4-9-10(13)11(15-7-14-9)16-8-5-17-12(2,3)18-6-8/h7-8H,4-6H2,1-3H3,(H,14,15,16). The Kier molecular flexibility index (Phi) is 4.04. The van der Waals surface area contributed by atoms with Crippen molar-refractivity contribution >= 4 is 17.4 Å². The number of halogens is 1. The molecule has 0 radical (unpaired) electrons. The molecule has 100 valence electrons. The van der Waals surface area contributed by atoms with Crippen LogP contribution in [0.5, 0.6) is 0 Å². The highest BCUT2D eigenvalue weighted by atomic mass is 35.5. The lowest BCUT2D eigenvalue weighted by Gasteiger charge is -2.35. The van der Waals surface area contributed by atoms with Crippen molar-refractivity contribution in [2.75, 3.05) is 18.5 Å². The molecule has 1 aromatic heterocycles. The average Bonchev–Trinajstić information content (AvgIpc) is 2.34. The first-order valence-electron chi connectivity index (χ1n) is 6.05. The van der Waals surface area contributed by atoms with Crippen LogP contribution in [0.15, 0.2) is 6.33 Å². The number of ether oxygens (including phenoxy) is 2. The van der Waals surface area contributed by atoms with E-state index < -0.39 is 5.79 Å². The second kappa shape index (κ2) is 5.38. The fourth-order valence-corrected chi connectivity index (χ4v) is 2.01. The number of nitrogens with one attached hydrogen (secondary N) is 1. The van der Waals surface area contributed by atoms with Gasteiger partial charge in [0.15, 0.2) is 5.79 Å². The Morgan fingerprint density at radius 1 is 1.39 bits per heavy atom. The number of rotatable bonds is 3. The van der Waals surface area contributed by atoms with Crippen LogP contribution in [0.4, 0.5) is 5.82 Å². The summed E-state index contributed by atoms with van der Waals surface area (Å²) in [4.78, 5) is 8.28. The topological polar surface area (TPSA) is 56.3 Å². The molecule has 2 rings (SSSR count). The molecule has 0 spiro atoms. The molecule has 0 aliphatic carbocycles. The van der Waals surface area contributed by atoms with E-state index in [9.17, 15) is 0 Å². The monoisotopic (exact) mass is 271 g/mol. The van der Waals surface area contributed by atoms with Crippen LogP contribution in [0.1, 0.15) is 26.5 Å². The van der Waals surface area contributed by atoms with E-state index in [4.69, 9.17) is 21.1 Å². The van der Waals surface area contributed by atoms with Crippen LogP contribution in [-0.2, 0) is 15.9 Å². The Morgan fingerprint density at radius 2 is 2.06 bits per heavy atom. The van der Waals surface area contributed by atoms with Gasteiger partial charge in [-0.25, -0.2) is 9.97 Å². The maximum absolute atomic E-state index is 6.22. The van der Waals surface area contributed by atoms with Crippen molar-refractivity contribution in [3.63, 3.8) is 0 Å². The van der Waals surface area contributed by atoms with E-state index in [1.807, 2.05) is 20.8 Å². The summed E-state index contributed by atoms with van der Waals surface area (Å²) < 4.78 is 11.2. The van der Waals surface area contributed by atoms with E-state index in [1.165, 1.54) is 6.33 Å². The van der Waals surface area contributed by atoms with Gasteiger partial charge in [0.25, 0.3) is 0 Å². The Bertz CT molecular complexity index is 416. The normalized spacial score (nSPS) is 19.8. The largest absolute Gasteiger partial charge is 0.361 e. The van der Waals surface area contributed by atoms with Crippen molar-refractivity contribution in [3.05, 3.63) is 17.0 Å². The van der Waals surface area contributed by atoms with E-state index in [-0.39, 0.29) is 6.04 Å². The van der Waals surface area contributed by atoms with Gasteiger partial charge in [0, 0.05) is 0 Å². The van der Waals surface area contributed by atoms with Crippen molar-refractivity contribution < 1.29 is 9.47 Å². The number of hydrogen-bond donors (Lipinski definition) is 1. The molecule has 0 bridgehead atoms. The molecule has 0 aromatic carbocycles. The van der Waals surface area contributed by atoms with Crippen LogP contribution in [0.3, 0.4) is 0 Å². The van der Waals surface area contributed by atoms with Gasteiger partial charge in [-0.05, 0) is 20.3 Å². The first-order chi connectivity index (χ1) is 8.52. The van der Waals surface area contributed by atoms with Gasteiger partial charge in [-0.1, -0.05) is 18.5 Å². The molecule has 0 atom stereocenters. The quantitative estimate of drug-likeness (QED) is 0.914. The van der Waals surface area contributed by atoms with Crippen LogP contribution in [0.2, 0.25) is 5.02 Å². The molecule has 5 nitrogen and oxygen atoms in total. The first kappa shape index (κ1) is 13.5. The zero-order chi connectivity index (χ0) is 13.2. The van der Waals surface area contributed by atoms with Gasteiger partial charge in [0.05, 0.1) is 24.9 Å². The molecular formula is C12H18ClN3O2. The molecular weight excluding hydrogens is 254 g/mol. The first-order valence-corrected chi connectivity index (χ1v) is 6.43. The second-order valence-corrected chi connectivity index (χ2v) is 5.08. The maximum atomic E-state index is 6.22. The van der Waals surface area contributed by atoms with Crippen molar-refractivity contribution in [3.8, 4) is 0 Å². The smallest absolute Gasteiger partial charge is 0.162 e. The minimum Gasteiger partial charge on any atom is -0.361 e. The SMILES string of the molecule is CCc1ncnc(NC2COC(C)(C)OC2)c1Cl. The zero-order valence-electron chi connectivity index (χ0n) is 10.9. The van der Waals surface area contributed by atoms with E-state index >= 15 is 0 Å². The van der Waals surface area contributed by atoms with Crippen LogP contribution in [0, 0.1) is 0 Å². The molecule has 0 unspecified atom stereocenters. The minimum absolute atomic E-state index is 0.0510. The summed E-state index contributed by atoms with van der Waals surface area (Å²) in [7, 11) is 0. The van der Waals surface area contributed by atoms with Crippen LogP contribution in [-0.4, -0.2) is 35.0 Å². The van der Waals surface area contributed by atoms with Gasteiger partial charge in [0.1, 0.15) is 17.2 Å². The average molecular weight is 272 g/mol. The van der Waals surface area contributed by atoms with Gasteiger partial charge >= 0.3 is 0 Å². The Hall–Kier alpha value is -0.910. The lowest BCUT2D eigenvalue weighted by molar-refractivity contribution is -0.247. The molecule has 0 saturated carbocycles. The van der Waals surface area contributed by atoms with Crippen LogP contribution in [0.25, 0.3) is 0 Å². The Balaban J connectivity index is 2.02. The van der Waals surface area contributed by atoms with Crippen molar-refractivity contribution in [2.45, 2.75) is 39.0 Å². The second-order valence-electron chi connectivity index (χ2n) is 4.70. The van der Waals surface area contributed by atoms with Gasteiger partial charge in [-0.3, -0.25) is 0 Å². The molecule has 1 aromatic rings. The van der Waals surface area contributed by atoms with E-state index in [0.29, 0.717) is 24.1 Å². The molecule has 18 heavy (non-hydrogen) atoms. The number of anilines is 1. The maximum Gasteiger partial charge on any atom is 0.162 e. The summed E-state index contributed by atoms with van der Waals surface area (Å²) in [6.45, 7) is 6.93. The summed E-state index contributed by atoms with van der Waals surface area (Å²) >= 11 is 6.22. The summed E-state index contributed by atoms with van der Waals surface area (Å²) in [5.74, 6) is 0.128. The predicted molar refractivity (Wildman–Crippen MR) is 69.8 cm³/mol. The van der Waals surface area contributed by atoms with Crippen molar-refractivity contribution in [2.24, 2.45) is 0 Å². The molecule has 1 saturated heterocycles. The third kappa shape index (κ3) is 3.10. The number of nitrogens with zero attached hydrogens (tertiary/aromatic N) is 2. The third-order valence-electron chi connectivity index (χ3n) is 2.80. The summed E-state index contributed by atoms with van der Waals surface area (Å²) in [6.07, 6.45) is 2.29. The van der Waals surface area contributed by atoms with E-state index in [1.54, 1.807) is 0 Å². The molecule has 1 fully saturated rings. The molecule has 2 heterocycles. The molecule has 0 amide bonds. The number of hydrogen-bond acceptors (Lipinski definition) is 5. The lowest BCUT2D eigenvalue weighted by Crippen LogP contribution is -2.45. The van der Waals surface area contributed by atoms with Crippen molar-refractivity contribution in [1.82, 2.24) is 9.97 Å². The fourth-order valence-electron chi connectivity index (χ4n) is 1.72. The molecule has 1 aliphatic heterocycles. The van der Waals surface area contributed by atoms with E-state index in [0.717, 1.165) is 12.1 Å². The number of aryl methyl sites for hydroxylation is 1. The predicted octanol–water partition coefficient (Wildman–Crippen LogP) is 2.26. The van der Waals surface area contributed by atoms with Crippen molar-refractivity contribution in [1.29, 1.82) is 0 Å². The third-order valence-corrected chi connectivity index (χ3v) is 3.20. The zero-order valence-corrected chi connectivity index (χ0v) is 11.6. The van der Waals surface area contributed by atoms with E-state index in [2.05, 4.69) is 15.3 Å². The van der Waals surface area contributed by atoms with Gasteiger partial charge in [0.2, 0.25) is 0 Å². The van der Waals surface area contributed by atoms with Crippen LogP contribution >= 0.6 is 11.6 Å². The summed E-state index contributed by atoms with van der Waals surface area (Å²) in [5.41, 5.74) is 0.840. The highest BCUT2D eigenvalue weighted by molar-refractivity contribution is 6.33. The molecule has 1 aliphatic rings. The molecule has 1 N–H and O–H groups in total. The highest BCUT2D eigenvalue weighted by Gasteiger charge is 2.28.